The first-order valence-corrected chi connectivity index (χ1v) is 9.74. The summed E-state index contributed by atoms with van der Waals surface area (Å²) in [5, 5.41) is 12.7. The molecule has 4 rings (SSSR count). The number of piperidine rings is 1. The number of aromatic nitrogens is 6. The maximum atomic E-state index is 12.8. The normalized spacial score (nSPS) is 17.2. The Balaban J connectivity index is 1.46. The Kier molecular flexibility index (Phi) is 5.23. The predicted octanol–water partition coefficient (Wildman–Crippen LogP) is 2.02. The van der Waals surface area contributed by atoms with Crippen LogP contribution in [0.2, 0.25) is 0 Å². The topological polar surface area (TPSA) is 94.9 Å². The van der Waals surface area contributed by atoms with E-state index >= 15 is 0 Å². The highest BCUT2D eigenvalue weighted by Crippen LogP contribution is 2.27. The number of imidazole rings is 1. The summed E-state index contributed by atoms with van der Waals surface area (Å²) in [5.74, 6) is 2.64. The van der Waals surface area contributed by atoms with Crippen LogP contribution in [0.1, 0.15) is 60.0 Å². The number of aryl methyl sites for hydroxylation is 1. The van der Waals surface area contributed by atoms with E-state index in [4.69, 9.17) is 4.52 Å². The van der Waals surface area contributed by atoms with Crippen LogP contribution in [0.4, 0.5) is 0 Å². The first-order chi connectivity index (χ1) is 13.7. The minimum Gasteiger partial charge on any atom is -0.361 e. The van der Waals surface area contributed by atoms with E-state index in [2.05, 4.69) is 27.3 Å². The molecule has 9 nitrogen and oxygen atoms in total. The lowest BCUT2D eigenvalue weighted by Gasteiger charge is -2.31. The van der Waals surface area contributed by atoms with Crippen LogP contribution in [-0.2, 0) is 20.0 Å². The molecule has 9 heteroatoms. The lowest BCUT2D eigenvalue weighted by molar-refractivity contribution is 0.0693. The van der Waals surface area contributed by atoms with E-state index in [0.717, 1.165) is 49.6 Å². The van der Waals surface area contributed by atoms with Crippen LogP contribution in [0.5, 0.6) is 0 Å². The summed E-state index contributed by atoms with van der Waals surface area (Å²) < 4.78 is 9.27. The molecule has 1 fully saturated rings. The largest absolute Gasteiger partial charge is 0.361 e. The fourth-order valence-electron chi connectivity index (χ4n) is 3.72. The van der Waals surface area contributed by atoms with Gasteiger partial charge in [0.1, 0.15) is 11.6 Å². The average molecular weight is 383 g/mol. The molecule has 0 aliphatic carbocycles. The molecule has 0 bridgehead atoms. The van der Waals surface area contributed by atoms with E-state index in [1.807, 2.05) is 27.3 Å². The molecule has 148 valence electrons. The summed E-state index contributed by atoms with van der Waals surface area (Å²) in [6.45, 7) is 4.04. The Hall–Kier alpha value is -2.97. The minimum absolute atomic E-state index is 0.0726. The number of amides is 1. The first kappa shape index (κ1) is 18.4. The molecular weight excluding hydrogens is 358 g/mol. The molecule has 1 saturated heterocycles. The molecule has 0 aromatic carbocycles. The molecular formula is C19H25N7O2. The Bertz CT molecular complexity index is 928. The quantitative estimate of drug-likeness (QED) is 0.646. The molecule has 3 aromatic rings. The van der Waals surface area contributed by atoms with Gasteiger partial charge in [0.05, 0.1) is 12.9 Å². The summed E-state index contributed by atoms with van der Waals surface area (Å²) in [7, 11) is 1.98. The summed E-state index contributed by atoms with van der Waals surface area (Å²) in [6, 6.07) is 1.76. The third kappa shape index (κ3) is 3.69. The molecule has 1 aliphatic rings. The smallest absolute Gasteiger partial charge is 0.276 e. The van der Waals surface area contributed by atoms with Crippen LogP contribution >= 0.6 is 0 Å². The van der Waals surface area contributed by atoms with Crippen LogP contribution in [-0.4, -0.2) is 53.4 Å². The van der Waals surface area contributed by atoms with Gasteiger partial charge in [-0.2, -0.15) is 0 Å². The third-order valence-corrected chi connectivity index (χ3v) is 5.23. The van der Waals surface area contributed by atoms with Crippen LogP contribution in [0.15, 0.2) is 29.3 Å². The van der Waals surface area contributed by atoms with Crippen molar-refractivity contribution < 1.29 is 9.32 Å². The minimum atomic E-state index is -0.0726. The fourth-order valence-corrected chi connectivity index (χ4v) is 3.72. The molecule has 1 atom stereocenters. The van der Waals surface area contributed by atoms with Crippen LogP contribution in [0, 0.1) is 0 Å². The molecule has 4 heterocycles. The van der Waals surface area contributed by atoms with Gasteiger partial charge in [0.25, 0.3) is 5.91 Å². The van der Waals surface area contributed by atoms with Gasteiger partial charge in [-0.25, -0.2) is 4.98 Å². The molecule has 3 aromatic heterocycles. The zero-order valence-corrected chi connectivity index (χ0v) is 16.3. The Morgan fingerprint density at radius 3 is 3.04 bits per heavy atom. The second kappa shape index (κ2) is 7.95. The van der Waals surface area contributed by atoms with Crippen molar-refractivity contribution in [2.45, 2.75) is 45.1 Å². The van der Waals surface area contributed by atoms with E-state index in [0.29, 0.717) is 18.8 Å². The van der Waals surface area contributed by atoms with Gasteiger partial charge in [-0.15, -0.1) is 10.2 Å². The molecule has 0 spiro atoms. The Morgan fingerprint density at radius 1 is 1.36 bits per heavy atom. The van der Waals surface area contributed by atoms with Crippen LogP contribution < -0.4 is 0 Å². The van der Waals surface area contributed by atoms with E-state index in [1.54, 1.807) is 18.6 Å². The van der Waals surface area contributed by atoms with Crippen molar-refractivity contribution in [3.8, 4) is 0 Å². The van der Waals surface area contributed by atoms with E-state index < -0.39 is 0 Å². The second-order valence-corrected chi connectivity index (χ2v) is 7.29. The monoisotopic (exact) mass is 383 g/mol. The third-order valence-electron chi connectivity index (χ3n) is 5.23. The van der Waals surface area contributed by atoms with E-state index in [-0.39, 0.29) is 11.8 Å². The maximum Gasteiger partial charge on any atom is 0.276 e. The van der Waals surface area contributed by atoms with Gasteiger partial charge in [0.2, 0.25) is 0 Å². The Labute approximate surface area is 163 Å². The van der Waals surface area contributed by atoms with Crippen molar-refractivity contribution >= 4 is 5.91 Å². The number of hydrogen-bond donors (Lipinski definition) is 0. The lowest BCUT2D eigenvalue weighted by atomic mass is 9.97. The zero-order valence-electron chi connectivity index (χ0n) is 16.3. The highest BCUT2D eigenvalue weighted by Gasteiger charge is 2.30. The summed E-state index contributed by atoms with van der Waals surface area (Å²) >= 11 is 0. The van der Waals surface area contributed by atoms with Gasteiger partial charge in [-0.1, -0.05) is 12.1 Å². The first-order valence-electron chi connectivity index (χ1n) is 9.74. The van der Waals surface area contributed by atoms with Gasteiger partial charge < -0.3 is 18.6 Å². The summed E-state index contributed by atoms with van der Waals surface area (Å²) in [6.07, 6.45) is 9.09. The van der Waals surface area contributed by atoms with Crippen molar-refractivity contribution in [2.75, 3.05) is 13.1 Å². The van der Waals surface area contributed by atoms with Crippen molar-refractivity contribution in [3.63, 3.8) is 0 Å². The fraction of sp³-hybridized carbons (Fsp3) is 0.526. The van der Waals surface area contributed by atoms with Gasteiger partial charge in [0, 0.05) is 50.9 Å². The number of rotatable bonds is 6. The molecule has 0 radical (unpaired) electrons. The van der Waals surface area contributed by atoms with E-state index in [1.165, 1.54) is 0 Å². The van der Waals surface area contributed by atoms with Crippen molar-refractivity contribution in [1.29, 1.82) is 0 Å². The second-order valence-electron chi connectivity index (χ2n) is 7.29. The average Bonchev–Trinajstić information content (AvgIpc) is 3.45. The highest BCUT2D eigenvalue weighted by atomic mass is 16.5. The number of carbonyl (C=O) groups excluding carboxylic acids is 1. The molecule has 1 amide bonds. The zero-order chi connectivity index (χ0) is 19.5. The molecule has 28 heavy (non-hydrogen) atoms. The van der Waals surface area contributed by atoms with Crippen molar-refractivity contribution in [2.24, 2.45) is 7.05 Å². The van der Waals surface area contributed by atoms with Gasteiger partial charge in [-0.3, -0.25) is 4.79 Å². The molecule has 0 N–H and O–H groups in total. The predicted molar refractivity (Wildman–Crippen MR) is 101 cm³/mol. The maximum absolute atomic E-state index is 12.8. The summed E-state index contributed by atoms with van der Waals surface area (Å²) in [4.78, 5) is 18.8. The number of likely N-dealkylation sites (tertiary alicyclic amines) is 1. The number of carbonyl (C=O) groups is 1. The highest BCUT2D eigenvalue weighted by molar-refractivity contribution is 5.92. The van der Waals surface area contributed by atoms with Crippen molar-refractivity contribution in [1.82, 2.24) is 34.4 Å². The summed E-state index contributed by atoms with van der Waals surface area (Å²) in [5.41, 5.74) is 0.392. The van der Waals surface area contributed by atoms with E-state index in [9.17, 15) is 4.79 Å². The van der Waals surface area contributed by atoms with Crippen LogP contribution in [0.25, 0.3) is 0 Å². The number of nitrogens with zero attached hydrogens (tertiary/aromatic N) is 7. The SMILES string of the molecule is CCCc1cc(C(=O)N2CCCC(c3nnc(Cn4ccnc4)n3C)C2)no1. The Morgan fingerprint density at radius 2 is 2.25 bits per heavy atom. The van der Waals surface area contributed by atoms with Gasteiger partial charge >= 0.3 is 0 Å². The standard InChI is InChI=1S/C19H25N7O2/c1-3-5-15-10-16(23-28-15)19(27)26-8-4-6-14(11-26)18-22-21-17(24(18)2)12-25-9-7-20-13-25/h7,9-10,13-14H,3-6,8,11-12H2,1-2H3. The van der Waals surface area contributed by atoms with Gasteiger partial charge in [0.15, 0.2) is 11.5 Å². The molecule has 1 unspecified atom stereocenters. The lowest BCUT2D eigenvalue weighted by Crippen LogP contribution is -2.39. The molecule has 0 saturated carbocycles. The molecule has 1 aliphatic heterocycles. The van der Waals surface area contributed by atoms with Crippen LogP contribution in [0.3, 0.4) is 0 Å². The van der Waals surface area contributed by atoms with Gasteiger partial charge in [-0.05, 0) is 19.3 Å². The number of hydrogen-bond acceptors (Lipinski definition) is 6. The van der Waals surface area contributed by atoms with Crippen molar-refractivity contribution in [3.05, 3.63) is 47.9 Å².